The fraction of sp³-hybridized carbons (Fsp3) is 0.353. The van der Waals surface area contributed by atoms with Crippen molar-refractivity contribution in [1.29, 1.82) is 0 Å². The van der Waals surface area contributed by atoms with Gasteiger partial charge in [0.05, 0.1) is 12.1 Å². The quantitative estimate of drug-likeness (QED) is 0.910. The average Bonchev–Trinajstić information content (AvgIpc) is 2.93. The van der Waals surface area contributed by atoms with Crippen LogP contribution < -0.4 is 10.6 Å². The van der Waals surface area contributed by atoms with Crippen molar-refractivity contribution >= 4 is 5.91 Å². The van der Waals surface area contributed by atoms with Gasteiger partial charge >= 0.3 is 0 Å². The summed E-state index contributed by atoms with van der Waals surface area (Å²) in [6.45, 7) is 4.58. The lowest BCUT2D eigenvalue weighted by molar-refractivity contribution is -0.124. The summed E-state index contributed by atoms with van der Waals surface area (Å²) in [5.74, 6) is 1.67. The fourth-order valence-electron chi connectivity index (χ4n) is 2.71. The van der Waals surface area contributed by atoms with E-state index in [0.717, 1.165) is 24.5 Å². The van der Waals surface area contributed by atoms with Crippen molar-refractivity contribution in [1.82, 2.24) is 10.6 Å². The molecule has 2 aromatic rings. The summed E-state index contributed by atoms with van der Waals surface area (Å²) in [5, 5.41) is 6.31. The van der Waals surface area contributed by atoms with Gasteiger partial charge in [-0.05, 0) is 43.5 Å². The maximum Gasteiger partial charge on any atom is 0.238 e. The molecule has 0 spiro atoms. The summed E-state index contributed by atoms with van der Waals surface area (Å²) >= 11 is 0. The number of aryl methyl sites for hydroxylation is 1. The van der Waals surface area contributed by atoms with Crippen LogP contribution in [0.2, 0.25) is 0 Å². The largest absolute Gasteiger partial charge is 0.464 e. The number of furan rings is 1. The van der Waals surface area contributed by atoms with Gasteiger partial charge in [-0.25, -0.2) is 0 Å². The standard InChI is InChI=1S/C17H20N2O2/c1-11-7-8-16(21-11)12(2)19-17(20)15-9-13-5-3-4-6-14(13)10-18-15/h3-8,12,15,18H,9-10H2,1-2H3,(H,19,20)/t12?,15-/m0/s1. The average molecular weight is 284 g/mol. The zero-order valence-corrected chi connectivity index (χ0v) is 12.3. The van der Waals surface area contributed by atoms with Gasteiger partial charge in [-0.1, -0.05) is 24.3 Å². The van der Waals surface area contributed by atoms with Crippen LogP contribution in [0.3, 0.4) is 0 Å². The van der Waals surface area contributed by atoms with E-state index in [0.29, 0.717) is 0 Å². The highest BCUT2D eigenvalue weighted by molar-refractivity contribution is 5.82. The molecule has 0 radical (unpaired) electrons. The minimum absolute atomic E-state index is 0.0195. The Kier molecular flexibility index (Phi) is 3.80. The predicted octanol–water partition coefficient (Wildman–Crippen LogP) is 2.48. The summed E-state index contributed by atoms with van der Waals surface area (Å²) in [6.07, 6.45) is 0.728. The third-order valence-corrected chi connectivity index (χ3v) is 3.94. The highest BCUT2D eigenvalue weighted by Crippen LogP contribution is 2.18. The Hall–Kier alpha value is -2.07. The molecular weight excluding hydrogens is 264 g/mol. The number of hydrogen-bond donors (Lipinski definition) is 2. The molecule has 2 heterocycles. The molecule has 4 nitrogen and oxygen atoms in total. The van der Waals surface area contributed by atoms with Gasteiger partial charge in [-0.3, -0.25) is 4.79 Å². The van der Waals surface area contributed by atoms with Crippen LogP contribution in [-0.4, -0.2) is 11.9 Å². The second-order valence-corrected chi connectivity index (χ2v) is 5.59. The molecule has 1 aromatic heterocycles. The molecule has 1 aliphatic rings. The Morgan fingerprint density at radius 3 is 2.76 bits per heavy atom. The monoisotopic (exact) mass is 284 g/mol. The van der Waals surface area contributed by atoms with Crippen molar-refractivity contribution < 1.29 is 9.21 Å². The number of amides is 1. The molecule has 110 valence electrons. The second-order valence-electron chi connectivity index (χ2n) is 5.59. The summed E-state index contributed by atoms with van der Waals surface area (Å²) in [5.41, 5.74) is 2.52. The number of carbonyl (C=O) groups excluding carboxylic acids is 1. The molecule has 1 amide bonds. The van der Waals surface area contributed by atoms with Gasteiger partial charge in [-0.15, -0.1) is 0 Å². The van der Waals surface area contributed by atoms with Crippen LogP contribution in [0.1, 0.15) is 35.6 Å². The molecular formula is C17H20N2O2. The molecule has 0 saturated carbocycles. The van der Waals surface area contributed by atoms with Crippen molar-refractivity contribution in [3.8, 4) is 0 Å². The Morgan fingerprint density at radius 1 is 1.29 bits per heavy atom. The van der Waals surface area contributed by atoms with Crippen molar-refractivity contribution in [2.24, 2.45) is 0 Å². The van der Waals surface area contributed by atoms with Crippen molar-refractivity contribution in [2.45, 2.75) is 38.9 Å². The summed E-state index contributed by atoms with van der Waals surface area (Å²) < 4.78 is 5.55. The van der Waals surface area contributed by atoms with Gasteiger partial charge in [0.15, 0.2) is 0 Å². The minimum atomic E-state index is -0.182. The van der Waals surface area contributed by atoms with Crippen LogP contribution in [-0.2, 0) is 17.8 Å². The maximum absolute atomic E-state index is 12.4. The normalized spacial score (nSPS) is 18.9. The van der Waals surface area contributed by atoms with E-state index in [1.165, 1.54) is 11.1 Å². The summed E-state index contributed by atoms with van der Waals surface area (Å²) in [6, 6.07) is 11.8. The van der Waals surface area contributed by atoms with Gasteiger partial charge in [0.25, 0.3) is 0 Å². The zero-order valence-electron chi connectivity index (χ0n) is 12.3. The fourth-order valence-corrected chi connectivity index (χ4v) is 2.71. The van der Waals surface area contributed by atoms with E-state index in [9.17, 15) is 4.79 Å². The van der Waals surface area contributed by atoms with Gasteiger partial charge in [0.2, 0.25) is 5.91 Å². The predicted molar refractivity (Wildman–Crippen MR) is 80.8 cm³/mol. The first-order valence-electron chi connectivity index (χ1n) is 7.30. The minimum Gasteiger partial charge on any atom is -0.464 e. The Labute approximate surface area is 124 Å². The number of carbonyl (C=O) groups is 1. The first-order valence-corrected chi connectivity index (χ1v) is 7.30. The van der Waals surface area contributed by atoms with Crippen LogP contribution in [0, 0.1) is 6.92 Å². The maximum atomic E-state index is 12.4. The molecule has 3 rings (SSSR count). The number of nitrogens with one attached hydrogen (secondary N) is 2. The Morgan fingerprint density at radius 2 is 2.05 bits per heavy atom. The van der Waals surface area contributed by atoms with Crippen LogP contribution in [0.5, 0.6) is 0 Å². The topological polar surface area (TPSA) is 54.3 Å². The van der Waals surface area contributed by atoms with Crippen LogP contribution >= 0.6 is 0 Å². The lowest BCUT2D eigenvalue weighted by Crippen LogP contribution is -2.48. The van der Waals surface area contributed by atoms with E-state index in [2.05, 4.69) is 22.8 Å². The first-order chi connectivity index (χ1) is 10.1. The molecule has 4 heteroatoms. The molecule has 0 fully saturated rings. The molecule has 0 saturated heterocycles. The Bertz CT molecular complexity index is 648. The molecule has 2 N–H and O–H groups in total. The molecule has 1 aliphatic heterocycles. The molecule has 2 atom stereocenters. The van der Waals surface area contributed by atoms with Gasteiger partial charge < -0.3 is 15.1 Å². The number of fused-ring (bicyclic) bond motifs is 1. The van der Waals surface area contributed by atoms with Gasteiger partial charge in [-0.2, -0.15) is 0 Å². The summed E-state index contributed by atoms with van der Waals surface area (Å²) in [4.78, 5) is 12.4. The molecule has 21 heavy (non-hydrogen) atoms. The van der Waals surface area contributed by atoms with E-state index in [1.54, 1.807) is 0 Å². The van der Waals surface area contributed by atoms with Crippen LogP contribution in [0.15, 0.2) is 40.8 Å². The zero-order chi connectivity index (χ0) is 14.8. The van der Waals surface area contributed by atoms with E-state index in [-0.39, 0.29) is 18.0 Å². The van der Waals surface area contributed by atoms with Crippen molar-refractivity contribution in [2.75, 3.05) is 0 Å². The number of hydrogen-bond acceptors (Lipinski definition) is 3. The lowest BCUT2D eigenvalue weighted by atomic mass is 9.95. The number of benzene rings is 1. The summed E-state index contributed by atoms with van der Waals surface area (Å²) in [7, 11) is 0. The second kappa shape index (κ2) is 5.74. The van der Waals surface area contributed by atoms with Crippen molar-refractivity contribution in [3.63, 3.8) is 0 Å². The SMILES string of the molecule is Cc1ccc(C(C)NC(=O)[C@@H]2Cc3ccccc3CN2)o1. The van der Waals surface area contributed by atoms with E-state index >= 15 is 0 Å². The van der Waals surface area contributed by atoms with Crippen molar-refractivity contribution in [3.05, 3.63) is 59.0 Å². The lowest BCUT2D eigenvalue weighted by Gasteiger charge is -2.26. The number of rotatable bonds is 3. The Balaban J connectivity index is 1.64. The molecule has 0 bridgehead atoms. The van der Waals surface area contributed by atoms with Gasteiger partial charge in [0, 0.05) is 6.54 Å². The van der Waals surface area contributed by atoms with E-state index < -0.39 is 0 Å². The first kappa shape index (κ1) is 13.9. The van der Waals surface area contributed by atoms with Crippen LogP contribution in [0.4, 0.5) is 0 Å². The third-order valence-electron chi connectivity index (χ3n) is 3.94. The molecule has 0 aliphatic carbocycles. The van der Waals surface area contributed by atoms with Gasteiger partial charge in [0.1, 0.15) is 11.5 Å². The smallest absolute Gasteiger partial charge is 0.238 e. The van der Waals surface area contributed by atoms with E-state index in [4.69, 9.17) is 4.42 Å². The molecule has 1 unspecified atom stereocenters. The molecule has 1 aromatic carbocycles. The highest BCUT2D eigenvalue weighted by Gasteiger charge is 2.25. The van der Waals surface area contributed by atoms with Crippen LogP contribution in [0.25, 0.3) is 0 Å². The highest BCUT2D eigenvalue weighted by atomic mass is 16.3. The third kappa shape index (κ3) is 3.00. The van der Waals surface area contributed by atoms with E-state index in [1.807, 2.05) is 38.1 Å².